The van der Waals surface area contributed by atoms with Crippen molar-refractivity contribution < 1.29 is 57.1 Å². The molecule has 2 aromatic rings. The smallest absolute Gasteiger partial charge is 0.303 e. The normalized spacial score (nSPS) is 24.1. The van der Waals surface area contributed by atoms with Crippen LogP contribution < -0.4 is 14.4 Å². The van der Waals surface area contributed by atoms with Crippen LogP contribution in [0, 0.1) is 6.92 Å². The number of fused-ring (bicyclic) bond motifs is 1. The highest BCUT2D eigenvalue weighted by Crippen LogP contribution is 2.39. The highest BCUT2D eigenvalue weighted by Gasteiger charge is 2.53. The maximum Gasteiger partial charge on any atom is 0.303 e. The standard InChI is InChI=1S/C32H32N2O12S/c1-16-6-9-22(10-7-16)34-30(39)23(12-21-8-11-24-25(13-21)42-15-41-24)33-32(34)47-31-29(45-20(5)38)28(44-19(4)37)27(43-18(3)36)26(46-31)14-40-17(2)35/h6-13,26-29,31H,14-15H2,1-5H3/b23-12-/t26-,27-,28+,29-,31+/m1/s1. The zero-order valence-corrected chi connectivity index (χ0v) is 26.9. The molecule has 5 rings (SSSR count). The minimum absolute atomic E-state index is 0.0811. The van der Waals surface area contributed by atoms with Gasteiger partial charge in [0.05, 0.1) is 5.69 Å². The van der Waals surface area contributed by atoms with E-state index in [-0.39, 0.29) is 17.7 Å². The maximum atomic E-state index is 13.9. The fourth-order valence-corrected chi connectivity index (χ4v) is 6.24. The predicted octanol–water partition coefficient (Wildman–Crippen LogP) is 3.28. The number of aliphatic imine (C=N–C) groups is 1. The molecule has 0 radical (unpaired) electrons. The number of thioether (sulfide) groups is 1. The van der Waals surface area contributed by atoms with Gasteiger partial charge in [-0.2, -0.15) is 0 Å². The van der Waals surface area contributed by atoms with Crippen LogP contribution in [-0.4, -0.2) is 78.2 Å². The lowest BCUT2D eigenvalue weighted by Crippen LogP contribution is -2.61. The molecule has 3 heterocycles. The SMILES string of the molecule is CC(=O)OC[C@H]1O[C@@H](SC2=N/C(=C\c3ccc4c(c3)OCO4)C(=O)N2c2ccc(C)cc2)[C@H](OC(C)=O)[C@@H](OC(C)=O)[C@@H]1OC(C)=O. The molecule has 14 nitrogen and oxygen atoms in total. The predicted molar refractivity (Wildman–Crippen MR) is 166 cm³/mol. The van der Waals surface area contributed by atoms with E-state index >= 15 is 0 Å². The van der Waals surface area contributed by atoms with Crippen molar-refractivity contribution in [2.45, 2.75) is 64.5 Å². The topological polar surface area (TPSA) is 166 Å². The lowest BCUT2D eigenvalue weighted by Gasteiger charge is -2.44. The Balaban J connectivity index is 1.56. The zero-order valence-electron chi connectivity index (χ0n) is 26.1. The maximum absolute atomic E-state index is 13.9. The molecule has 5 atom stereocenters. The van der Waals surface area contributed by atoms with Crippen LogP contribution in [0.3, 0.4) is 0 Å². The molecule has 1 saturated heterocycles. The summed E-state index contributed by atoms with van der Waals surface area (Å²) in [6, 6.07) is 12.4. The Hall–Kier alpha value is -4.89. The summed E-state index contributed by atoms with van der Waals surface area (Å²) in [5.74, 6) is -2.24. The van der Waals surface area contributed by atoms with Crippen LogP contribution in [0.2, 0.25) is 0 Å². The first-order chi connectivity index (χ1) is 22.4. The van der Waals surface area contributed by atoms with Crippen LogP contribution in [0.4, 0.5) is 5.69 Å². The van der Waals surface area contributed by atoms with Gasteiger partial charge >= 0.3 is 23.9 Å². The fourth-order valence-electron chi connectivity index (χ4n) is 5.05. The number of esters is 4. The fraction of sp³-hybridized carbons (Fsp3) is 0.375. The minimum Gasteiger partial charge on any atom is -0.463 e. The Morgan fingerprint density at radius 1 is 0.872 bits per heavy atom. The third kappa shape index (κ3) is 7.92. The summed E-state index contributed by atoms with van der Waals surface area (Å²) in [5.41, 5.74) is 0.968. The third-order valence-corrected chi connectivity index (χ3v) is 8.09. The molecule has 1 fully saturated rings. The van der Waals surface area contributed by atoms with Gasteiger partial charge in [-0.25, -0.2) is 4.99 Å². The summed E-state index contributed by atoms with van der Waals surface area (Å²) in [6.07, 6.45) is -3.61. The number of nitrogens with zero attached hydrogens (tertiary/aromatic N) is 2. The average Bonchev–Trinajstić information content (AvgIpc) is 3.58. The van der Waals surface area contributed by atoms with Gasteiger partial charge in [0.2, 0.25) is 6.79 Å². The van der Waals surface area contributed by atoms with Gasteiger partial charge in [-0.1, -0.05) is 35.5 Å². The van der Waals surface area contributed by atoms with Crippen molar-refractivity contribution in [3.63, 3.8) is 0 Å². The van der Waals surface area contributed by atoms with Crippen molar-refractivity contribution in [2.24, 2.45) is 4.99 Å². The van der Waals surface area contributed by atoms with Crippen molar-refractivity contribution in [1.29, 1.82) is 0 Å². The monoisotopic (exact) mass is 668 g/mol. The van der Waals surface area contributed by atoms with Gasteiger partial charge in [0.25, 0.3) is 5.91 Å². The van der Waals surface area contributed by atoms with Gasteiger partial charge in [-0.15, -0.1) is 0 Å². The first-order valence-electron chi connectivity index (χ1n) is 14.5. The Morgan fingerprint density at radius 3 is 2.17 bits per heavy atom. The number of rotatable bonds is 8. The van der Waals surface area contributed by atoms with Crippen LogP contribution in [-0.2, 0) is 47.7 Å². The van der Waals surface area contributed by atoms with E-state index < -0.39 is 66.2 Å². The average molecular weight is 669 g/mol. The second kappa shape index (κ2) is 14.3. The molecule has 1 amide bonds. The van der Waals surface area contributed by atoms with Crippen LogP contribution in [0.5, 0.6) is 11.5 Å². The molecule has 3 aliphatic rings. The molecule has 0 spiro atoms. The number of hydrogen-bond donors (Lipinski definition) is 0. The molecule has 47 heavy (non-hydrogen) atoms. The number of carbonyl (C=O) groups excluding carboxylic acids is 5. The lowest BCUT2D eigenvalue weighted by molar-refractivity contribution is -0.237. The zero-order chi connectivity index (χ0) is 33.8. The third-order valence-electron chi connectivity index (χ3n) is 6.99. The lowest BCUT2D eigenvalue weighted by atomic mass is 9.99. The molecule has 0 bridgehead atoms. The molecular weight excluding hydrogens is 636 g/mol. The van der Waals surface area contributed by atoms with Crippen LogP contribution in [0.25, 0.3) is 6.08 Å². The van der Waals surface area contributed by atoms with Gasteiger partial charge in [-0.05, 0) is 42.8 Å². The van der Waals surface area contributed by atoms with Crippen molar-refractivity contribution in [3.8, 4) is 11.5 Å². The van der Waals surface area contributed by atoms with E-state index in [9.17, 15) is 24.0 Å². The quantitative estimate of drug-likeness (QED) is 0.229. The summed E-state index contributed by atoms with van der Waals surface area (Å²) < 4.78 is 38.9. The van der Waals surface area contributed by atoms with Crippen molar-refractivity contribution in [2.75, 3.05) is 18.3 Å². The molecule has 0 aromatic heterocycles. The number of amidine groups is 1. The molecule has 0 aliphatic carbocycles. The van der Waals surface area contributed by atoms with E-state index in [0.29, 0.717) is 22.7 Å². The molecule has 2 aromatic carbocycles. The second-order valence-electron chi connectivity index (χ2n) is 10.7. The first-order valence-corrected chi connectivity index (χ1v) is 15.4. The van der Waals surface area contributed by atoms with Crippen molar-refractivity contribution in [3.05, 3.63) is 59.3 Å². The molecule has 0 unspecified atom stereocenters. The van der Waals surface area contributed by atoms with E-state index in [2.05, 4.69) is 4.99 Å². The molecule has 15 heteroatoms. The van der Waals surface area contributed by atoms with E-state index in [1.165, 1.54) is 11.8 Å². The summed E-state index contributed by atoms with van der Waals surface area (Å²) in [6.45, 7) is 6.22. The summed E-state index contributed by atoms with van der Waals surface area (Å²) in [5, 5.41) is 0.145. The van der Waals surface area contributed by atoms with Gasteiger partial charge < -0.3 is 33.2 Å². The molecular formula is C32H32N2O12S. The van der Waals surface area contributed by atoms with Gasteiger partial charge in [-0.3, -0.25) is 28.9 Å². The second-order valence-corrected chi connectivity index (χ2v) is 11.8. The Bertz CT molecular complexity index is 1640. The Labute approximate surface area is 273 Å². The van der Waals surface area contributed by atoms with Crippen molar-refractivity contribution >= 4 is 58.5 Å². The van der Waals surface area contributed by atoms with E-state index in [1.807, 2.05) is 19.1 Å². The number of hydrogen-bond acceptors (Lipinski definition) is 14. The highest BCUT2D eigenvalue weighted by atomic mass is 32.2. The summed E-state index contributed by atoms with van der Waals surface area (Å²) in [4.78, 5) is 68.4. The van der Waals surface area contributed by atoms with Crippen LogP contribution >= 0.6 is 11.8 Å². The van der Waals surface area contributed by atoms with E-state index in [0.717, 1.165) is 38.1 Å². The van der Waals surface area contributed by atoms with Gasteiger partial charge in [0, 0.05) is 27.7 Å². The number of benzene rings is 2. The van der Waals surface area contributed by atoms with Crippen molar-refractivity contribution in [1.82, 2.24) is 0 Å². The van der Waals surface area contributed by atoms with Crippen LogP contribution in [0.1, 0.15) is 38.8 Å². The van der Waals surface area contributed by atoms with E-state index in [4.69, 9.17) is 33.2 Å². The number of amides is 1. The van der Waals surface area contributed by atoms with Gasteiger partial charge in [0.1, 0.15) is 18.4 Å². The number of ether oxygens (including phenoxy) is 7. The van der Waals surface area contributed by atoms with E-state index in [1.54, 1.807) is 36.4 Å². The van der Waals surface area contributed by atoms with Gasteiger partial charge in [0.15, 0.2) is 40.4 Å². The summed E-state index contributed by atoms with van der Waals surface area (Å²) >= 11 is 0.911. The number of carbonyl (C=O) groups is 5. The highest BCUT2D eigenvalue weighted by molar-refractivity contribution is 8.14. The number of anilines is 1. The molecule has 0 saturated carbocycles. The first kappa shape index (κ1) is 33.5. The Morgan fingerprint density at radius 2 is 1.51 bits per heavy atom. The largest absolute Gasteiger partial charge is 0.463 e. The Kier molecular flexibility index (Phi) is 10.2. The minimum atomic E-state index is -1.37. The summed E-state index contributed by atoms with van der Waals surface area (Å²) in [7, 11) is 0. The number of aryl methyl sites for hydroxylation is 1. The molecule has 248 valence electrons. The molecule has 3 aliphatic heterocycles. The van der Waals surface area contributed by atoms with Crippen LogP contribution in [0.15, 0.2) is 53.2 Å². The molecule has 0 N–H and O–H groups in total.